The molecule has 1 aromatic rings. The first-order valence-corrected chi connectivity index (χ1v) is 7.90. The van der Waals surface area contributed by atoms with Crippen molar-refractivity contribution in [3.63, 3.8) is 0 Å². The van der Waals surface area contributed by atoms with Crippen LogP contribution < -0.4 is 5.32 Å². The molecule has 17 heavy (non-hydrogen) atoms. The van der Waals surface area contributed by atoms with Gasteiger partial charge in [-0.2, -0.15) is 0 Å². The maximum atomic E-state index is 5.62. The Morgan fingerprint density at radius 3 is 3.00 bits per heavy atom. The lowest BCUT2D eigenvalue weighted by molar-refractivity contribution is 0.0398. The summed E-state index contributed by atoms with van der Waals surface area (Å²) in [6.07, 6.45) is 2.46. The zero-order valence-corrected chi connectivity index (χ0v) is 12.9. The van der Waals surface area contributed by atoms with E-state index in [1.165, 1.54) is 27.1 Å². The van der Waals surface area contributed by atoms with Crippen molar-refractivity contribution in [3.05, 3.63) is 20.3 Å². The molecule has 0 aliphatic carbocycles. The van der Waals surface area contributed by atoms with Crippen LogP contribution in [0.25, 0.3) is 0 Å². The van der Waals surface area contributed by atoms with Gasteiger partial charge in [0.25, 0.3) is 0 Å². The third-order valence-corrected chi connectivity index (χ3v) is 5.49. The molecule has 0 aromatic carbocycles. The number of rotatable bonds is 4. The molecular weight excluding hydrogens is 298 g/mol. The van der Waals surface area contributed by atoms with Crippen molar-refractivity contribution in [2.24, 2.45) is 5.92 Å². The smallest absolute Gasteiger partial charge is 0.0731 e. The van der Waals surface area contributed by atoms with Crippen LogP contribution in [0.2, 0.25) is 0 Å². The molecular formula is C13H20BrNOS. The Balaban J connectivity index is 2.15. The minimum Gasteiger partial charge on any atom is -0.381 e. The standard InChI is InChI=1S/C13H20BrNOS/c1-3-15-12(10-5-4-6-16-8-10)11-7-9(2)13(14)17-11/h7,10,12,15H,3-6,8H2,1-2H3. The Kier molecular flexibility index (Phi) is 5.03. The highest BCUT2D eigenvalue weighted by Gasteiger charge is 2.26. The average molecular weight is 318 g/mol. The van der Waals surface area contributed by atoms with Gasteiger partial charge in [0.2, 0.25) is 0 Å². The van der Waals surface area contributed by atoms with Gasteiger partial charge in [0.05, 0.1) is 10.4 Å². The van der Waals surface area contributed by atoms with E-state index in [-0.39, 0.29) is 0 Å². The fraction of sp³-hybridized carbons (Fsp3) is 0.692. The summed E-state index contributed by atoms with van der Waals surface area (Å²) in [5, 5.41) is 3.62. The van der Waals surface area contributed by atoms with E-state index in [2.05, 4.69) is 41.2 Å². The monoisotopic (exact) mass is 317 g/mol. The third kappa shape index (κ3) is 3.31. The van der Waals surface area contributed by atoms with Crippen LogP contribution in [0.3, 0.4) is 0 Å². The second-order valence-electron chi connectivity index (χ2n) is 4.62. The molecule has 96 valence electrons. The summed E-state index contributed by atoms with van der Waals surface area (Å²) in [7, 11) is 0. The normalized spacial score (nSPS) is 22.6. The van der Waals surface area contributed by atoms with Crippen molar-refractivity contribution < 1.29 is 4.74 Å². The molecule has 2 unspecified atom stereocenters. The Bertz CT molecular complexity index is 341. The molecule has 2 nitrogen and oxygen atoms in total. The molecule has 2 heterocycles. The predicted molar refractivity (Wildman–Crippen MR) is 76.7 cm³/mol. The van der Waals surface area contributed by atoms with Crippen LogP contribution in [0.5, 0.6) is 0 Å². The van der Waals surface area contributed by atoms with Crippen molar-refractivity contribution >= 4 is 27.3 Å². The fourth-order valence-corrected chi connectivity index (χ4v) is 4.13. The third-order valence-electron chi connectivity index (χ3n) is 3.27. The van der Waals surface area contributed by atoms with E-state index < -0.39 is 0 Å². The first kappa shape index (κ1) is 13.5. The van der Waals surface area contributed by atoms with Crippen LogP contribution in [0.4, 0.5) is 0 Å². The zero-order valence-electron chi connectivity index (χ0n) is 10.5. The Morgan fingerprint density at radius 1 is 1.65 bits per heavy atom. The van der Waals surface area contributed by atoms with E-state index in [0.29, 0.717) is 12.0 Å². The van der Waals surface area contributed by atoms with Gasteiger partial charge in [0.15, 0.2) is 0 Å². The van der Waals surface area contributed by atoms with Gasteiger partial charge in [-0.1, -0.05) is 6.92 Å². The summed E-state index contributed by atoms with van der Waals surface area (Å²) in [6.45, 7) is 7.17. The van der Waals surface area contributed by atoms with Crippen LogP contribution in [-0.4, -0.2) is 19.8 Å². The molecule has 1 saturated heterocycles. The first-order valence-electron chi connectivity index (χ1n) is 6.29. The van der Waals surface area contributed by atoms with E-state index in [4.69, 9.17) is 4.74 Å². The van der Waals surface area contributed by atoms with Crippen molar-refractivity contribution in [2.45, 2.75) is 32.7 Å². The quantitative estimate of drug-likeness (QED) is 0.909. The highest BCUT2D eigenvalue weighted by Crippen LogP contribution is 2.36. The number of halogens is 1. The molecule has 1 aliphatic heterocycles. The maximum Gasteiger partial charge on any atom is 0.0731 e. The van der Waals surface area contributed by atoms with Gasteiger partial charge in [0, 0.05) is 23.4 Å². The molecule has 4 heteroatoms. The van der Waals surface area contributed by atoms with E-state index in [1.54, 1.807) is 0 Å². The average Bonchev–Trinajstić information content (AvgIpc) is 2.67. The van der Waals surface area contributed by atoms with Crippen molar-refractivity contribution in [2.75, 3.05) is 19.8 Å². The summed E-state index contributed by atoms with van der Waals surface area (Å²) in [5.41, 5.74) is 1.34. The summed E-state index contributed by atoms with van der Waals surface area (Å²) in [6, 6.07) is 2.76. The molecule has 0 bridgehead atoms. The number of hydrogen-bond donors (Lipinski definition) is 1. The molecule has 1 aromatic heterocycles. The Labute approximate surface area is 116 Å². The topological polar surface area (TPSA) is 21.3 Å². The summed E-state index contributed by atoms with van der Waals surface area (Å²) < 4.78 is 6.88. The minimum absolute atomic E-state index is 0.454. The Hall–Kier alpha value is 0.1000. The molecule has 0 saturated carbocycles. The Morgan fingerprint density at radius 2 is 2.47 bits per heavy atom. The van der Waals surface area contributed by atoms with Gasteiger partial charge in [-0.05, 0) is 53.9 Å². The fourth-order valence-electron chi connectivity index (χ4n) is 2.38. The molecule has 1 aliphatic rings. The maximum absolute atomic E-state index is 5.62. The molecule has 1 fully saturated rings. The lowest BCUT2D eigenvalue weighted by Gasteiger charge is -2.30. The highest BCUT2D eigenvalue weighted by atomic mass is 79.9. The molecule has 0 amide bonds. The summed E-state index contributed by atoms with van der Waals surface area (Å²) in [5.74, 6) is 0.619. The largest absolute Gasteiger partial charge is 0.381 e. The molecule has 2 rings (SSSR count). The van der Waals surface area contributed by atoms with Gasteiger partial charge >= 0.3 is 0 Å². The predicted octanol–water partition coefficient (Wildman–Crippen LogP) is 3.90. The van der Waals surface area contributed by atoms with E-state index in [9.17, 15) is 0 Å². The second kappa shape index (κ2) is 6.32. The van der Waals surface area contributed by atoms with Gasteiger partial charge in [-0.3, -0.25) is 0 Å². The summed E-state index contributed by atoms with van der Waals surface area (Å²) >= 11 is 5.47. The van der Waals surface area contributed by atoms with Crippen molar-refractivity contribution in [1.82, 2.24) is 5.32 Å². The van der Waals surface area contributed by atoms with Crippen LogP contribution in [-0.2, 0) is 4.74 Å². The van der Waals surface area contributed by atoms with Crippen molar-refractivity contribution in [3.8, 4) is 0 Å². The van der Waals surface area contributed by atoms with E-state index in [0.717, 1.165) is 19.8 Å². The molecule has 0 radical (unpaired) electrons. The minimum atomic E-state index is 0.454. The van der Waals surface area contributed by atoms with Crippen LogP contribution in [0.1, 0.15) is 36.2 Å². The van der Waals surface area contributed by atoms with Crippen LogP contribution in [0.15, 0.2) is 9.85 Å². The molecule has 0 spiro atoms. The number of nitrogens with one attached hydrogen (secondary N) is 1. The second-order valence-corrected chi connectivity index (χ2v) is 7.02. The first-order chi connectivity index (χ1) is 8.22. The lowest BCUT2D eigenvalue weighted by Crippen LogP contribution is -2.32. The van der Waals surface area contributed by atoms with Crippen LogP contribution >= 0.6 is 27.3 Å². The number of ether oxygens (including phenoxy) is 1. The number of hydrogen-bond acceptors (Lipinski definition) is 3. The summed E-state index contributed by atoms with van der Waals surface area (Å²) in [4.78, 5) is 1.44. The van der Waals surface area contributed by atoms with Gasteiger partial charge in [-0.15, -0.1) is 11.3 Å². The SMILES string of the molecule is CCNC(c1cc(C)c(Br)s1)C1CCCOC1. The van der Waals surface area contributed by atoms with Crippen LogP contribution in [0, 0.1) is 12.8 Å². The van der Waals surface area contributed by atoms with Gasteiger partial charge < -0.3 is 10.1 Å². The highest BCUT2D eigenvalue weighted by molar-refractivity contribution is 9.11. The number of thiophene rings is 1. The number of aryl methyl sites for hydroxylation is 1. The van der Waals surface area contributed by atoms with E-state index >= 15 is 0 Å². The zero-order chi connectivity index (χ0) is 12.3. The molecule has 2 atom stereocenters. The van der Waals surface area contributed by atoms with Crippen molar-refractivity contribution in [1.29, 1.82) is 0 Å². The molecule has 1 N–H and O–H groups in total. The van der Waals surface area contributed by atoms with E-state index in [1.807, 2.05) is 11.3 Å². The van der Waals surface area contributed by atoms with Gasteiger partial charge in [-0.25, -0.2) is 0 Å². The van der Waals surface area contributed by atoms with Gasteiger partial charge in [0.1, 0.15) is 0 Å². The lowest BCUT2D eigenvalue weighted by atomic mass is 9.92.